The second-order valence-electron chi connectivity index (χ2n) is 4.69. The predicted molar refractivity (Wildman–Crippen MR) is 86.3 cm³/mol. The van der Waals surface area contributed by atoms with E-state index in [2.05, 4.69) is 47.2 Å². The zero-order valence-electron chi connectivity index (χ0n) is 11.0. The number of halogens is 1. The van der Waals surface area contributed by atoms with E-state index in [0.717, 1.165) is 28.7 Å². The van der Waals surface area contributed by atoms with Gasteiger partial charge in [-0.1, -0.05) is 28.1 Å². The van der Waals surface area contributed by atoms with E-state index in [1.54, 1.807) is 0 Å². The fraction of sp³-hybridized carbons (Fsp3) is 0.462. The first-order valence-electron chi connectivity index (χ1n) is 5.90. The molecule has 1 rings (SSSR count). The summed E-state index contributed by atoms with van der Waals surface area (Å²) in [6.07, 6.45) is 1.07. The van der Waals surface area contributed by atoms with Crippen molar-refractivity contribution in [2.24, 2.45) is 5.73 Å². The molecule has 1 aromatic carbocycles. The van der Waals surface area contributed by atoms with Gasteiger partial charge in [-0.2, -0.15) is 0 Å². The minimum atomic E-state index is 0.370. The predicted octanol–water partition coefficient (Wildman–Crippen LogP) is 2.84. The molecule has 1 unspecified atom stereocenters. The smallest absolute Gasteiger partial charge is 0.106 e. The van der Waals surface area contributed by atoms with Gasteiger partial charge in [0.1, 0.15) is 4.99 Å². The Kier molecular flexibility index (Phi) is 6.05. The first-order valence-corrected chi connectivity index (χ1v) is 7.11. The number of benzene rings is 1. The number of rotatable bonds is 6. The highest BCUT2D eigenvalue weighted by atomic mass is 79.9. The summed E-state index contributed by atoms with van der Waals surface area (Å²) < 4.78 is 1.02. The lowest BCUT2D eigenvalue weighted by Crippen LogP contribution is -2.24. The van der Waals surface area contributed by atoms with Crippen molar-refractivity contribution >= 4 is 38.8 Å². The van der Waals surface area contributed by atoms with Crippen LogP contribution in [0.2, 0.25) is 0 Å². The van der Waals surface area contributed by atoms with Gasteiger partial charge in [0.2, 0.25) is 0 Å². The van der Waals surface area contributed by atoms with Crippen LogP contribution in [0.15, 0.2) is 22.7 Å². The first kappa shape index (κ1) is 15.4. The lowest BCUT2D eigenvalue weighted by Gasteiger charge is -2.20. The molecule has 1 aromatic rings. The van der Waals surface area contributed by atoms with E-state index in [-0.39, 0.29) is 0 Å². The van der Waals surface area contributed by atoms with Crippen molar-refractivity contribution in [1.29, 1.82) is 0 Å². The topological polar surface area (TPSA) is 41.3 Å². The van der Waals surface area contributed by atoms with Crippen LogP contribution >= 0.6 is 28.1 Å². The molecule has 0 aliphatic rings. The molecule has 0 radical (unpaired) electrons. The summed E-state index contributed by atoms with van der Waals surface area (Å²) in [6, 6.07) is 6.27. The molecule has 0 saturated carbocycles. The summed E-state index contributed by atoms with van der Waals surface area (Å²) in [5.74, 6) is 0. The Balaban J connectivity index is 2.76. The highest BCUT2D eigenvalue weighted by Crippen LogP contribution is 2.22. The Morgan fingerprint density at radius 1 is 1.50 bits per heavy atom. The molecule has 0 amide bonds. The van der Waals surface area contributed by atoms with E-state index in [0.29, 0.717) is 11.0 Å². The molecule has 100 valence electrons. The van der Waals surface area contributed by atoms with Crippen molar-refractivity contribution in [2.45, 2.75) is 19.4 Å². The van der Waals surface area contributed by atoms with Gasteiger partial charge in [0.05, 0.1) is 0 Å². The zero-order valence-corrected chi connectivity index (χ0v) is 13.4. The Bertz CT molecular complexity index is 421. The average Bonchev–Trinajstić information content (AvgIpc) is 2.26. The van der Waals surface area contributed by atoms with E-state index in [1.165, 1.54) is 0 Å². The van der Waals surface area contributed by atoms with Gasteiger partial charge < -0.3 is 16.0 Å². The summed E-state index contributed by atoms with van der Waals surface area (Å²) in [5.41, 5.74) is 7.61. The van der Waals surface area contributed by atoms with E-state index < -0.39 is 0 Å². The monoisotopic (exact) mass is 329 g/mol. The van der Waals surface area contributed by atoms with Gasteiger partial charge in [-0.15, -0.1) is 0 Å². The number of nitrogens with one attached hydrogen (secondary N) is 1. The Morgan fingerprint density at radius 3 is 2.72 bits per heavy atom. The number of nitrogens with two attached hydrogens (primary N) is 1. The molecule has 0 spiro atoms. The lowest BCUT2D eigenvalue weighted by atomic mass is 10.1. The minimum Gasteiger partial charge on any atom is -0.389 e. The first-order chi connectivity index (χ1) is 8.40. The van der Waals surface area contributed by atoms with Gasteiger partial charge in [0.15, 0.2) is 0 Å². The fourth-order valence-electron chi connectivity index (χ4n) is 1.64. The molecular formula is C13H20BrN3S. The maximum absolute atomic E-state index is 5.73. The quantitative estimate of drug-likeness (QED) is 0.787. The minimum absolute atomic E-state index is 0.370. The molecule has 1 atom stereocenters. The summed E-state index contributed by atoms with van der Waals surface area (Å²) in [6.45, 7) is 3.21. The third kappa shape index (κ3) is 4.92. The van der Waals surface area contributed by atoms with Crippen molar-refractivity contribution in [3.05, 3.63) is 28.2 Å². The molecule has 0 aliphatic heterocycles. The third-order valence-corrected chi connectivity index (χ3v) is 3.37. The molecule has 0 saturated heterocycles. The molecule has 5 heteroatoms. The van der Waals surface area contributed by atoms with Crippen LogP contribution in [0, 0.1) is 0 Å². The maximum atomic E-state index is 5.73. The Morgan fingerprint density at radius 2 is 2.17 bits per heavy atom. The number of nitrogens with zero attached hydrogens (tertiary/aromatic N) is 1. The van der Waals surface area contributed by atoms with Crippen LogP contribution in [0.1, 0.15) is 18.9 Å². The zero-order chi connectivity index (χ0) is 13.7. The number of hydrogen-bond acceptors (Lipinski definition) is 3. The second kappa shape index (κ2) is 7.07. The van der Waals surface area contributed by atoms with Crippen LogP contribution in [-0.2, 0) is 0 Å². The van der Waals surface area contributed by atoms with E-state index in [4.69, 9.17) is 18.0 Å². The van der Waals surface area contributed by atoms with Gasteiger partial charge >= 0.3 is 0 Å². The standard InChI is InChI=1S/C13H20BrN3S/c1-9(6-7-17(2)3)16-12-8-10(14)4-5-11(12)13(15)18/h4-5,8-9,16H,6-7H2,1-3H3,(H2,15,18). The number of hydrogen-bond donors (Lipinski definition) is 2. The van der Waals surface area contributed by atoms with Crippen LogP contribution in [-0.4, -0.2) is 36.6 Å². The summed E-state index contributed by atoms with van der Waals surface area (Å²) in [4.78, 5) is 2.60. The highest BCUT2D eigenvalue weighted by Gasteiger charge is 2.09. The van der Waals surface area contributed by atoms with E-state index in [9.17, 15) is 0 Å². The molecule has 0 heterocycles. The van der Waals surface area contributed by atoms with Gasteiger partial charge in [-0.05, 0) is 52.2 Å². The van der Waals surface area contributed by atoms with Crippen LogP contribution in [0.5, 0.6) is 0 Å². The fourth-order valence-corrected chi connectivity index (χ4v) is 2.18. The van der Waals surface area contributed by atoms with Gasteiger partial charge in [0.25, 0.3) is 0 Å². The Hall–Kier alpha value is -0.650. The molecular weight excluding hydrogens is 310 g/mol. The third-order valence-electron chi connectivity index (χ3n) is 2.66. The second-order valence-corrected chi connectivity index (χ2v) is 6.05. The summed E-state index contributed by atoms with van der Waals surface area (Å²) in [7, 11) is 4.15. The van der Waals surface area contributed by atoms with Crippen LogP contribution in [0.4, 0.5) is 5.69 Å². The Labute approximate surface area is 123 Å². The molecule has 0 fully saturated rings. The molecule has 0 bridgehead atoms. The van der Waals surface area contributed by atoms with Crippen LogP contribution in [0.3, 0.4) is 0 Å². The van der Waals surface area contributed by atoms with Crippen molar-refractivity contribution in [1.82, 2.24) is 4.90 Å². The SMILES string of the molecule is CC(CCN(C)C)Nc1cc(Br)ccc1C(N)=S. The van der Waals surface area contributed by atoms with Gasteiger partial charge in [-0.3, -0.25) is 0 Å². The molecule has 3 nitrogen and oxygen atoms in total. The molecule has 3 N–H and O–H groups in total. The van der Waals surface area contributed by atoms with Crippen LogP contribution < -0.4 is 11.1 Å². The molecule has 0 aliphatic carbocycles. The van der Waals surface area contributed by atoms with Gasteiger partial charge in [0, 0.05) is 21.8 Å². The number of anilines is 1. The summed E-state index contributed by atoms with van der Waals surface area (Å²) in [5, 5.41) is 3.46. The van der Waals surface area contributed by atoms with Crippen molar-refractivity contribution in [2.75, 3.05) is 26.0 Å². The van der Waals surface area contributed by atoms with Crippen molar-refractivity contribution in [3.63, 3.8) is 0 Å². The van der Waals surface area contributed by atoms with Crippen LogP contribution in [0.25, 0.3) is 0 Å². The molecule has 18 heavy (non-hydrogen) atoms. The van der Waals surface area contributed by atoms with Crippen molar-refractivity contribution in [3.8, 4) is 0 Å². The average molecular weight is 330 g/mol. The van der Waals surface area contributed by atoms with E-state index in [1.807, 2.05) is 18.2 Å². The van der Waals surface area contributed by atoms with Crippen molar-refractivity contribution < 1.29 is 0 Å². The summed E-state index contributed by atoms with van der Waals surface area (Å²) >= 11 is 8.53. The molecule has 0 aromatic heterocycles. The lowest BCUT2D eigenvalue weighted by molar-refractivity contribution is 0.390. The highest BCUT2D eigenvalue weighted by molar-refractivity contribution is 9.10. The number of thiocarbonyl (C=S) groups is 1. The maximum Gasteiger partial charge on any atom is 0.106 e. The van der Waals surface area contributed by atoms with Gasteiger partial charge in [-0.25, -0.2) is 0 Å². The normalized spacial score (nSPS) is 12.5. The largest absolute Gasteiger partial charge is 0.389 e. The van der Waals surface area contributed by atoms with E-state index >= 15 is 0 Å².